The summed E-state index contributed by atoms with van der Waals surface area (Å²) in [4.78, 5) is 25.7. The summed E-state index contributed by atoms with van der Waals surface area (Å²) in [5.74, 6) is -0.513. The Morgan fingerprint density at radius 3 is 2.65 bits per heavy atom. The summed E-state index contributed by atoms with van der Waals surface area (Å²) in [7, 11) is 0. The van der Waals surface area contributed by atoms with Gasteiger partial charge in [0, 0.05) is 13.1 Å². The first-order chi connectivity index (χ1) is 8.09. The van der Waals surface area contributed by atoms with Crippen molar-refractivity contribution in [1.29, 1.82) is 0 Å². The number of hydrogen-bond donors (Lipinski definition) is 2. The van der Waals surface area contributed by atoms with E-state index in [-0.39, 0.29) is 12.6 Å². The maximum Gasteiger partial charge on any atom is 0.325 e. The molecule has 0 saturated carbocycles. The Hall–Kier alpha value is -2.24. The minimum atomic E-state index is -0.513. The Labute approximate surface area is 98.8 Å². The fourth-order valence-electron chi connectivity index (χ4n) is 1.87. The number of para-hydroxylation sites is 2. The first-order valence-electron chi connectivity index (χ1n) is 5.29. The number of nitrogens with two attached hydrogens (primary N) is 2. The number of hydrogen-bond acceptors (Lipinski definition) is 3. The van der Waals surface area contributed by atoms with Crippen molar-refractivity contribution >= 4 is 23.3 Å². The van der Waals surface area contributed by atoms with Crippen LogP contribution in [0, 0.1) is 0 Å². The minimum Gasteiger partial charge on any atom is -0.397 e. The Kier molecular flexibility index (Phi) is 2.86. The minimum absolute atomic E-state index is 0.0535. The van der Waals surface area contributed by atoms with Gasteiger partial charge in [0.1, 0.15) is 6.54 Å². The van der Waals surface area contributed by atoms with Crippen molar-refractivity contribution < 1.29 is 9.59 Å². The molecule has 1 saturated heterocycles. The van der Waals surface area contributed by atoms with Crippen molar-refractivity contribution in [3.05, 3.63) is 24.3 Å². The van der Waals surface area contributed by atoms with Gasteiger partial charge in [0.25, 0.3) is 0 Å². The molecule has 1 heterocycles. The van der Waals surface area contributed by atoms with Crippen LogP contribution in [0.2, 0.25) is 0 Å². The van der Waals surface area contributed by atoms with Gasteiger partial charge in [-0.2, -0.15) is 0 Å². The molecule has 0 radical (unpaired) electrons. The third kappa shape index (κ3) is 2.15. The predicted octanol–water partition coefficient (Wildman–Crippen LogP) is -0.00390. The number of nitrogens with zero attached hydrogens (tertiary/aromatic N) is 2. The van der Waals surface area contributed by atoms with E-state index in [2.05, 4.69) is 0 Å². The highest BCUT2D eigenvalue weighted by Crippen LogP contribution is 2.25. The molecule has 0 atom stereocenters. The van der Waals surface area contributed by atoms with Crippen LogP contribution in [-0.2, 0) is 4.79 Å². The quantitative estimate of drug-likeness (QED) is 0.721. The van der Waals surface area contributed by atoms with Gasteiger partial charge in [0.05, 0.1) is 11.4 Å². The molecule has 4 N–H and O–H groups in total. The lowest BCUT2D eigenvalue weighted by Crippen LogP contribution is -2.37. The SMILES string of the molecule is NC(=O)CN1CCN(c2ccccc2N)C1=O. The first-order valence-corrected chi connectivity index (χ1v) is 5.29. The molecule has 90 valence electrons. The Morgan fingerprint density at radius 1 is 1.29 bits per heavy atom. The maximum absolute atomic E-state index is 12.0. The summed E-state index contributed by atoms with van der Waals surface area (Å²) in [5, 5.41) is 0. The van der Waals surface area contributed by atoms with Crippen molar-refractivity contribution in [3.63, 3.8) is 0 Å². The largest absolute Gasteiger partial charge is 0.397 e. The Bertz CT molecular complexity index is 461. The topological polar surface area (TPSA) is 92.7 Å². The van der Waals surface area contributed by atoms with E-state index in [9.17, 15) is 9.59 Å². The molecule has 0 spiro atoms. The predicted molar refractivity (Wildman–Crippen MR) is 64.4 cm³/mol. The molecule has 1 aliphatic rings. The second-order valence-corrected chi connectivity index (χ2v) is 3.88. The second kappa shape index (κ2) is 4.32. The fourth-order valence-corrected chi connectivity index (χ4v) is 1.87. The summed E-state index contributed by atoms with van der Waals surface area (Å²) in [5.41, 5.74) is 12.1. The number of primary amides is 1. The molecule has 0 aromatic heterocycles. The number of anilines is 2. The number of benzene rings is 1. The van der Waals surface area contributed by atoms with Gasteiger partial charge in [-0.1, -0.05) is 12.1 Å². The summed E-state index contributed by atoms with van der Waals surface area (Å²) in [6, 6.07) is 6.90. The molecular weight excluding hydrogens is 220 g/mol. The van der Waals surface area contributed by atoms with E-state index in [1.807, 2.05) is 6.07 Å². The van der Waals surface area contributed by atoms with Crippen LogP contribution in [0.3, 0.4) is 0 Å². The van der Waals surface area contributed by atoms with Crippen LogP contribution in [0.15, 0.2) is 24.3 Å². The van der Waals surface area contributed by atoms with Crippen molar-refractivity contribution in [2.75, 3.05) is 30.3 Å². The van der Waals surface area contributed by atoms with Gasteiger partial charge in [0.2, 0.25) is 5.91 Å². The molecule has 0 bridgehead atoms. The van der Waals surface area contributed by atoms with Crippen molar-refractivity contribution in [2.45, 2.75) is 0 Å². The molecule has 1 aromatic rings. The van der Waals surface area contributed by atoms with Gasteiger partial charge in [-0.05, 0) is 12.1 Å². The van der Waals surface area contributed by atoms with E-state index in [1.165, 1.54) is 4.90 Å². The molecule has 1 aliphatic heterocycles. The smallest absolute Gasteiger partial charge is 0.325 e. The van der Waals surface area contributed by atoms with E-state index in [0.29, 0.717) is 24.5 Å². The van der Waals surface area contributed by atoms with E-state index < -0.39 is 5.91 Å². The summed E-state index contributed by atoms with van der Waals surface area (Å²) in [6.45, 7) is 0.943. The Balaban J connectivity index is 2.18. The average Bonchev–Trinajstić information content (AvgIpc) is 2.61. The number of rotatable bonds is 3. The molecule has 6 heteroatoms. The van der Waals surface area contributed by atoms with Crippen LogP contribution in [0.4, 0.5) is 16.2 Å². The number of amides is 3. The van der Waals surface area contributed by atoms with E-state index in [1.54, 1.807) is 23.1 Å². The highest BCUT2D eigenvalue weighted by atomic mass is 16.2. The zero-order valence-electron chi connectivity index (χ0n) is 9.30. The molecule has 6 nitrogen and oxygen atoms in total. The van der Waals surface area contributed by atoms with Crippen LogP contribution in [-0.4, -0.2) is 36.5 Å². The van der Waals surface area contributed by atoms with Gasteiger partial charge in [-0.15, -0.1) is 0 Å². The zero-order valence-corrected chi connectivity index (χ0v) is 9.30. The van der Waals surface area contributed by atoms with Crippen molar-refractivity contribution in [1.82, 2.24) is 4.90 Å². The average molecular weight is 234 g/mol. The Morgan fingerprint density at radius 2 is 2.00 bits per heavy atom. The highest BCUT2D eigenvalue weighted by molar-refractivity contribution is 5.98. The van der Waals surface area contributed by atoms with Gasteiger partial charge in [0.15, 0.2) is 0 Å². The lowest BCUT2D eigenvalue weighted by atomic mass is 10.2. The van der Waals surface area contributed by atoms with Gasteiger partial charge >= 0.3 is 6.03 Å². The maximum atomic E-state index is 12.0. The normalized spacial score (nSPS) is 15.4. The summed E-state index contributed by atoms with van der Waals surface area (Å²) >= 11 is 0. The number of urea groups is 1. The van der Waals surface area contributed by atoms with Gasteiger partial charge in [-0.25, -0.2) is 4.79 Å². The van der Waals surface area contributed by atoms with E-state index in [0.717, 1.165) is 0 Å². The second-order valence-electron chi connectivity index (χ2n) is 3.88. The van der Waals surface area contributed by atoms with Crippen molar-refractivity contribution in [3.8, 4) is 0 Å². The molecular formula is C11H14N4O2. The summed E-state index contributed by atoms with van der Waals surface area (Å²) in [6.07, 6.45) is 0. The van der Waals surface area contributed by atoms with Gasteiger partial charge in [-0.3, -0.25) is 9.69 Å². The molecule has 3 amide bonds. The van der Waals surface area contributed by atoms with Gasteiger partial charge < -0.3 is 16.4 Å². The first kappa shape index (κ1) is 11.3. The lowest BCUT2D eigenvalue weighted by Gasteiger charge is -2.18. The van der Waals surface area contributed by atoms with Crippen molar-refractivity contribution in [2.24, 2.45) is 5.73 Å². The monoisotopic (exact) mass is 234 g/mol. The number of nitrogen functional groups attached to an aromatic ring is 1. The molecule has 1 aromatic carbocycles. The zero-order chi connectivity index (χ0) is 12.4. The van der Waals surface area contributed by atoms with Crippen LogP contribution in [0.1, 0.15) is 0 Å². The molecule has 17 heavy (non-hydrogen) atoms. The lowest BCUT2D eigenvalue weighted by molar-refractivity contribution is -0.118. The summed E-state index contributed by atoms with van der Waals surface area (Å²) < 4.78 is 0. The van der Waals surface area contributed by atoms with E-state index >= 15 is 0 Å². The van der Waals surface area contributed by atoms with Crippen LogP contribution in [0.5, 0.6) is 0 Å². The number of carbonyl (C=O) groups is 2. The third-order valence-electron chi connectivity index (χ3n) is 2.67. The van der Waals surface area contributed by atoms with Crippen LogP contribution >= 0.6 is 0 Å². The van der Waals surface area contributed by atoms with Crippen LogP contribution in [0.25, 0.3) is 0 Å². The molecule has 0 aliphatic carbocycles. The third-order valence-corrected chi connectivity index (χ3v) is 2.67. The van der Waals surface area contributed by atoms with Crippen LogP contribution < -0.4 is 16.4 Å². The fraction of sp³-hybridized carbons (Fsp3) is 0.273. The molecule has 2 rings (SSSR count). The standard InChI is InChI=1S/C11H14N4O2/c12-8-3-1-2-4-9(8)15-6-5-14(11(15)17)7-10(13)16/h1-4H,5-7,12H2,(H2,13,16). The molecule has 1 fully saturated rings. The molecule has 0 unspecified atom stereocenters. The van der Waals surface area contributed by atoms with E-state index in [4.69, 9.17) is 11.5 Å². The number of carbonyl (C=O) groups excluding carboxylic acids is 2. The highest BCUT2D eigenvalue weighted by Gasteiger charge is 2.31.